The van der Waals surface area contributed by atoms with Gasteiger partial charge in [-0.05, 0) is 59.4 Å². The average Bonchev–Trinajstić information content (AvgIpc) is 3.11. The SMILES string of the molecule is NC(=O)CN(C(=O)CC1C(=O)N(CCc2ccc(Cl)cc2)CC(=O)N1CCC(c1ccccc1)c1ccccc1)C(Cl)Cc1ccc(Cl)cc1. The van der Waals surface area contributed by atoms with Crippen LogP contribution < -0.4 is 5.73 Å². The van der Waals surface area contributed by atoms with Gasteiger partial charge in [0.15, 0.2) is 0 Å². The molecule has 0 bridgehead atoms. The normalized spacial score (nSPS) is 15.3. The zero-order chi connectivity index (χ0) is 35.6. The summed E-state index contributed by atoms with van der Waals surface area (Å²) < 4.78 is 0. The fourth-order valence-electron chi connectivity index (χ4n) is 6.32. The Hall–Kier alpha value is -4.37. The smallest absolute Gasteiger partial charge is 0.246 e. The number of nitrogens with two attached hydrogens (primary N) is 1. The highest BCUT2D eigenvalue weighted by Crippen LogP contribution is 2.30. The summed E-state index contributed by atoms with van der Waals surface area (Å²) in [6, 6.07) is 33.2. The Morgan fingerprint density at radius 1 is 0.780 bits per heavy atom. The molecular formula is C39H39Cl3N4O4. The van der Waals surface area contributed by atoms with Gasteiger partial charge in [0, 0.05) is 35.5 Å². The Morgan fingerprint density at radius 3 is 1.86 bits per heavy atom. The molecule has 4 aromatic rings. The molecule has 1 heterocycles. The van der Waals surface area contributed by atoms with Gasteiger partial charge in [-0.15, -0.1) is 0 Å². The summed E-state index contributed by atoms with van der Waals surface area (Å²) in [5.41, 5.74) is 8.51. The summed E-state index contributed by atoms with van der Waals surface area (Å²) in [5.74, 6) is -1.97. The Morgan fingerprint density at radius 2 is 1.32 bits per heavy atom. The molecular weight excluding hydrogens is 695 g/mol. The van der Waals surface area contributed by atoms with E-state index in [-0.39, 0.29) is 50.2 Å². The standard InChI is InChI=1S/C39H39Cl3N4O4/c40-31-15-11-27(12-16-31)19-21-44-26-38(49)45(22-20-33(29-7-3-1-4-8-29)30-9-5-2-6-10-30)34(39(44)50)24-37(48)46(25-36(43)47)35(42)23-28-13-17-32(41)18-14-28/h1-18,33-35H,19-26H2,(H2,43,47). The van der Waals surface area contributed by atoms with Crippen molar-refractivity contribution in [2.24, 2.45) is 5.73 Å². The number of nitrogens with zero attached hydrogens (tertiary/aromatic N) is 3. The fraction of sp³-hybridized carbons (Fsp3) is 0.282. The van der Waals surface area contributed by atoms with Gasteiger partial charge in [0.1, 0.15) is 18.1 Å². The zero-order valence-corrected chi connectivity index (χ0v) is 29.7. The molecule has 4 aromatic carbocycles. The maximum atomic E-state index is 14.2. The van der Waals surface area contributed by atoms with Gasteiger partial charge in [0.05, 0.1) is 13.0 Å². The molecule has 0 radical (unpaired) electrons. The molecule has 1 aliphatic heterocycles. The topological polar surface area (TPSA) is 104 Å². The minimum absolute atomic E-state index is 0.0578. The Kier molecular flexibility index (Phi) is 12.9. The van der Waals surface area contributed by atoms with Crippen LogP contribution in [0, 0.1) is 0 Å². The number of primary amides is 1. The van der Waals surface area contributed by atoms with Crippen LogP contribution in [0.4, 0.5) is 0 Å². The second-order valence-electron chi connectivity index (χ2n) is 12.4. The van der Waals surface area contributed by atoms with Gasteiger partial charge >= 0.3 is 0 Å². The minimum atomic E-state index is -1.10. The molecule has 0 aromatic heterocycles. The van der Waals surface area contributed by atoms with Crippen LogP contribution in [0.25, 0.3) is 0 Å². The summed E-state index contributed by atoms with van der Waals surface area (Å²) in [7, 11) is 0. The predicted molar refractivity (Wildman–Crippen MR) is 197 cm³/mol. The summed E-state index contributed by atoms with van der Waals surface area (Å²) in [6.45, 7) is -0.0496. The first-order valence-corrected chi connectivity index (χ1v) is 17.7. The molecule has 2 atom stereocenters. The van der Waals surface area contributed by atoms with Gasteiger partial charge in [-0.1, -0.05) is 120 Å². The van der Waals surface area contributed by atoms with Crippen molar-refractivity contribution in [1.29, 1.82) is 0 Å². The number of carbonyl (C=O) groups excluding carboxylic acids is 4. The van der Waals surface area contributed by atoms with Crippen molar-refractivity contribution in [2.45, 2.75) is 43.1 Å². The third-order valence-electron chi connectivity index (χ3n) is 8.94. The maximum absolute atomic E-state index is 14.2. The molecule has 5 rings (SSSR count). The van der Waals surface area contributed by atoms with E-state index < -0.39 is 29.9 Å². The van der Waals surface area contributed by atoms with E-state index in [9.17, 15) is 19.2 Å². The minimum Gasteiger partial charge on any atom is -0.368 e. The van der Waals surface area contributed by atoms with Crippen LogP contribution in [-0.4, -0.2) is 76.1 Å². The zero-order valence-electron chi connectivity index (χ0n) is 27.5. The van der Waals surface area contributed by atoms with Crippen molar-refractivity contribution in [3.8, 4) is 0 Å². The Bertz CT molecular complexity index is 1720. The van der Waals surface area contributed by atoms with Crippen LogP contribution in [-0.2, 0) is 32.0 Å². The molecule has 0 saturated carbocycles. The lowest BCUT2D eigenvalue weighted by molar-refractivity contribution is -0.158. The van der Waals surface area contributed by atoms with Crippen molar-refractivity contribution in [1.82, 2.24) is 14.7 Å². The number of alkyl halides is 1. The van der Waals surface area contributed by atoms with Crippen LogP contribution >= 0.6 is 34.8 Å². The second-order valence-corrected chi connectivity index (χ2v) is 13.7. The molecule has 11 heteroatoms. The quantitative estimate of drug-likeness (QED) is 0.114. The highest BCUT2D eigenvalue weighted by Gasteiger charge is 2.41. The van der Waals surface area contributed by atoms with Gasteiger partial charge in [0.2, 0.25) is 23.6 Å². The molecule has 8 nitrogen and oxygen atoms in total. The molecule has 2 N–H and O–H groups in total. The first-order valence-electron chi connectivity index (χ1n) is 16.5. The number of piperazine rings is 1. The lowest BCUT2D eigenvalue weighted by Gasteiger charge is -2.41. The van der Waals surface area contributed by atoms with Crippen molar-refractivity contribution in [2.75, 3.05) is 26.2 Å². The summed E-state index contributed by atoms with van der Waals surface area (Å²) in [4.78, 5) is 58.5. The molecule has 0 aliphatic carbocycles. The molecule has 1 saturated heterocycles. The van der Waals surface area contributed by atoms with Crippen LogP contribution in [0.3, 0.4) is 0 Å². The van der Waals surface area contributed by atoms with Gasteiger partial charge in [-0.2, -0.15) is 0 Å². The van der Waals surface area contributed by atoms with Crippen molar-refractivity contribution in [3.63, 3.8) is 0 Å². The largest absolute Gasteiger partial charge is 0.368 e. The van der Waals surface area contributed by atoms with E-state index in [1.807, 2.05) is 72.8 Å². The number of halogens is 3. The average molecular weight is 734 g/mol. The highest BCUT2D eigenvalue weighted by atomic mass is 35.5. The van der Waals surface area contributed by atoms with Crippen molar-refractivity contribution >= 4 is 58.4 Å². The molecule has 2 unspecified atom stereocenters. The van der Waals surface area contributed by atoms with Crippen molar-refractivity contribution < 1.29 is 19.2 Å². The number of carbonyl (C=O) groups is 4. The highest BCUT2D eigenvalue weighted by molar-refractivity contribution is 6.30. The molecule has 50 heavy (non-hydrogen) atoms. The van der Waals surface area contributed by atoms with Crippen LogP contribution in [0.5, 0.6) is 0 Å². The van der Waals surface area contributed by atoms with Gasteiger partial charge < -0.3 is 20.4 Å². The fourth-order valence-corrected chi connectivity index (χ4v) is 6.92. The summed E-state index contributed by atoms with van der Waals surface area (Å²) >= 11 is 18.8. The first-order chi connectivity index (χ1) is 24.1. The van der Waals surface area contributed by atoms with E-state index in [1.54, 1.807) is 36.4 Å². The van der Waals surface area contributed by atoms with E-state index in [1.165, 1.54) is 14.7 Å². The third kappa shape index (κ3) is 9.87. The molecule has 4 amide bonds. The van der Waals surface area contributed by atoms with Crippen LogP contribution in [0.15, 0.2) is 109 Å². The van der Waals surface area contributed by atoms with E-state index in [4.69, 9.17) is 40.5 Å². The molecule has 1 fully saturated rings. The third-order valence-corrected chi connectivity index (χ3v) is 9.83. The maximum Gasteiger partial charge on any atom is 0.246 e. The van der Waals surface area contributed by atoms with E-state index in [0.717, 1.165) is 22.3 Å². The number of amides is 4. The summed E-state index contributed by atoms with van der Waals surface area (Å²) in [6.07, 6.45) is 0.865. The first kappa shape index (κ1) is 36.9. The predicted octanol–water partition coefficient (Wildman–Crippen LogP) is 6.31. The van der Waals surface area contributed by atoms with E-state index in [2.05, 4.69) is 0 Å². The lowest BCUT2D eigenvalue weighted by Crippen LogP contribution is -2.61. The Balaban J connectivity index is 1.40. The van der Waals surface area contributed by atoms with E-state index >= 15 is 0 Å². The molecule has 260 valence electrons. The molecule has 0 spiro atoms. The van der Waals surface area contributed by atoms with Gasteiger partial charge in [-0.25, -0.2) is 0 Å². The van der Waals surface area contributed by atoms with Crippen LogP contribution in [0.2, 0.25) is 10.0 Å². The molecule has 1 aliphatic rings. The van der Waals surface area contributed by atoms with Gasteiger partial charge in [-0.3, -0.25) is 19.2 Å². The van der Waals surface area contributed by atoms with Crippen LogP contribution in [0.1, 0.15) is 41.0 Å². The van der Waals surface area contributed by atoms with Crippen molar-refractivity contribution in [3.05, 3.63) is 141 Å². The summed E-state index contributed by atoms with van der Waals surface area (Å²) in [5, 5.41) is 1.15. The van der Waals surface area contributed by atoms with E-state index in [0.29, 0.717) is 22.9 Å². The Labute approximate surface area is 307 Å². The monoisotopic (exact) mass is 732 g/mol. The number of hydrogen-bond donors (Lipinski definition) is 1. The number of hydrogen-bond acceptors (Lipinski definition) is 4. The van der Waals surface area contributed by atoms with Gasteiger partial charge in [0.25, 0.3) is 0 Å². The number of rotatable bonds is 15. The number of benzene rings is 4. The lowest BCUT2D eigenvalue weighted by atomic mass is 9.88. The second kappa shape index (κ2) is 17.5.